The van der Waals surface area contributed by atoms with Gasteiger partial charge >= 0.3 is 0 Å². The number of benzene rings is 1. The molecule has 6 nitrogen and oxygen atoms in total. The fourth-order valence-electron chi connectivity index (χ4n) is 2.80. The molecule has 1 aliphatic rings. The molecule has 1 aliphatic heterocycles. The molecular formula is C16H22ClN5O. The number of nitrogens with one attached hydrogen (secondary N) is 1. The number of rotatable bonds is 3. The first-order valence-electron chi connectivity index (χ1n) is 7.52. The molecule has 0 saturated heterocycles. The number of halogens is 1. The fourth-order valence-corrected chi connectivity index (χ4v) is 2.80. The number of amides is 1. The third-order valence-corrected chi connectivity index (χ3v) is 4.14. The van der Waals surface area contributed by atoms with Crippen molar-refractivity contribution in [1.82, 2.24) is 20.1 Å². The van der Waals surface area contributed by atoms with Crippen molar-refractivity contribution >= 4 is 18.3 Å². The minimum Gasteiger partial charge on any atom is -0.350 e. The van der Waals surface area contributed by atoms with Crippen molar-refractivity contribution in [1.29, 1.82) is 0 Å². The highest BCUT2D eigenvalue weighted by Crippen LogP contribution is 2.19. The van der Waals surface area contributed by atoms with Crippen LogP contribution in [0.1, 0.15) is 30.6 Å². The lowest BCUT2D eigenvalue weighted by Crippen LogP contribution is -2.53. The van der Waals surface area contributed by atoms with Gasteiger partial charge in [0, 0.05) is 12.5 Å². The Morgan fingerprint density at radius 2 is 2.09 bits per heavy atom. The SMILES string of the molecule is Cc1nc2n(n1)CC(NC(=O)C(C)(N)c1ccccc1)CC2.Cl. The van der Waals surface area contributed by atoms with E-state index in [4.69, 9.17) is 5.73 Å². The quantitative estimate of drug-likeness (QED) is 0.885. The zero-order valence-electron chi connectivity index (χ0n) is 13.3. The smallest absolute Gasteiger partial charge is 0.244 e. The van der Waals surface area contributed by atoms with Crippen molar-refractivity contribution in [3.8, 4) is 0 Å². The van der Waals surface area contributed by atoms with Gasteiger partial charge in [0.25, 0.3) is 0 Å². The van der Waals surface area contributed by atoms with E-state index in [-0.39, 0.29) is 24.4 Å². The minimum atomic E-state index is -1.04. The first-order chi connectivity index (χ1) is 10.5. The second-order valence-electron chi connectivity index (χ2n) is 6.03. The van der Waals surface area contributed by atoms with Gasteiger partial charge in [-0.1, -0.05) is 30.3 Å². The van der Waals surface area contributed by atoms with Crippen LogP contribution in [0, 0.1) is 6.92 Å². The molecule has 2 aromatic rings. The number of fused-ring (bicyclic) bond motifs is 1. The summed E-state index contributed by atoms with van der Waals surface area (Å²) in [5, 5.41) is 7.41. The van der Waals surface area contributed by atoms with Gasteiger partial charge < -0.3 is 11.1 Å². The molecule has 1 amide bonds. The Balaban J connectivity index is 0.00000192. The number of carbonyl (C=O) groups excluding carboxylic acids is 1. The summed E-state index contributed by atoms with van der Waals surface area (Å²) < 4.78 is 1.88. The van der Waals surface area contributed by atoms with E-state index < -0.39 is 5.54 Å². The number of hydrogen-bond acceptors (Lipinski definition) is 4. The number of hydrogen-bond donors (Lipinski definition) is 2. The van der Waals surface area contributed by atoms with Crippen LogP contribution in [-0.4, -0.2) is 26.7 Å². The highest BCUT2D eigenvalue weighted by Gasteiger charge is 2.33. The molecule has 2 heterocycles. The summed E-state index contributed by atoms with van der Waals surface area (Å²) in [5.41, 5.74) is 6.01. The molecule has 1 aromatic carbocycles. The Morgan fingerprint density at radius 3 is 2.78 bits per heavy atom. The maximum Gasteiger partial charge on any atom is 0.244 e. The van der Waals surface area contributed by atoms with Crippen molar-refractivity contribution in [2.75, 3.05) is 0 Å². The van der Waals surface area contributed by atoms with E-state index in [0.29, 0.717) is 6.54 Å². The van der Waals surface area contributed by atoms with E-state index in [2.05, 4.69) is 15.4 Å². The van der Waals surface area contributed by atoms with Crippen LogP contribution in [-0.2, 0) is 23.3 Å². The lowest BCUT2D eigenvalue weighted by Gasteiger charge is -2.29. The van der Waals surface area contributed by atoms with Crippen LogP contribution in [0.5, 0.6) is 0 Å². The predicted molar refractivity (Wildman–Crippen MR) is 90.2 cm³/mol. The molecule has 0 bridgehead atoms. The Kier molecular flexibility index (Phi) is 5.06. The zero-order valence-corrected chi connectivity index (χ0v) is 14.1. The number of nitrogens with two attached hydrogens (primary N) is 1. The third-order valence-electron chi connectivity index (χ3n) is 4.14. The van der Waals surface area contributed by atoms with Gasteiger partial charge in [-0.2, -0.15) is 5.10 Å². The van der Waals surface area contributed by atoms with Crippen LogP contribution in [0.4, 0.5) is 0 Å². The van der Waals surface area contributed by atoms with Crippen LogP contribution in [0.3, 0.4) is 0 Å². The van der Waals surface area contributed by atoms with E-state index >= 15 is 0 Å². The number of aryl methyl sites for hydroxylation is 2. The zero-order chi connectivity index (χ0) is 15.7. The maximum absolute atomic E-state index is 12.6. The normalized spacial score (nSPS) is 19.2. The molecule has 2 unspecified atom stereocenters. The molecule has 1 aromatic heterocycles. The van der Waals surface area contributed by atoms with E-state index in [0.717, 1.165) is 30.1 Å². The summed E-state index contributed by atoms with van der Waals surface area (Å²) in [5.74, 6) is 1.60. The van der Waals surface area contributed by atoms with Crippen LogP contribution < -0.4 is 11.1 Å². The van der Waals surface area contributed by atoms with Gasteiger partial charge in [0.1, 0.15) is 17.2 Å². The average molecular weight is 336 g/mol. The van der Waals surface area contributed by atoms with Gasteiger partial charge in [-0.15, -0.1) is 12.4 Å². The molecule has 3 N–H and O–H groups in total. The Morgan fingerprint density at radius 1 is 1.39 bits per heavy atom. The summed E-state index contributed by atoms with van der Waals surface area (Å²) in [6, 6.07) is 9.47. The predicted octanol–water partition coefficient (Wildman–Crippen LogP) is 1.31. The molecule has 0 saturated carbocycles. The molecule has 0 radical (unpaired) electrons. The molecule has 0 fully saturated rings. The van der Waals surface area contributed by atoms with Gasteiger partial charge in [-0.3, -0.25) is 4.79 Å². The second-order valence-corrected chi connectivity index (χ2v) is 6.03. The first kappa shape index (κ1) is 17.4. The summed E-state index contributed by atoms with van der Waals surface area (Å²) in [6.45, 7) is 4.27. The average Bonchev–Trinajstić information content (AvgIpc) is 2.87. The summed E-state index contributed by atoms with van der Waals surface area (Å²) in [4.78, 5) is 16.9. The van der Waals surface area contributed by atoms with Crippen molar-refractivity contribution in [3.63, 3.8) is 0 Å². The highest BCUT2D eigenvalue weighted by atomic mass is 35.5. The van der Waals surface area contributed by atoms with Crippen LogP contribution in [0.15, 0.2) is 30.3 Å². The summed E-state index contributed by atoms with van der Waals surface area (Å²) >= 11 is 0. The molecule has 0 spiro atoms. The Hall–Kier alpha value is -1.92. The number of nitrogens with zero attached hydrogens (tertiary/aromatic N) is 3. The lowest BCUT2D eigenvalue weighted by atomic mass is 9.91. The largest absolute Gasteiger partial charge is 0.350 e. The van der Waals surface area contributed by atoms with Gasteiger partial charge in [-0.05, 0) is 25.8 Å². The summed E-state index contributed by atoms with van der Waals surface area (Å²) in [6.07, 6.45) is 1.67. The molecule has 124 valence electrons. The van der Waals surface area contributed by atoms with Crippen LogP contribution in [0.25, 0.3) is 0 Å². The van der Waals surface area contributed by atoms with Gasteiger partial charge in [0.2, 0.25) is 5.91 Å². The monoisotopic (exact) mass is 335 g/mol. The Labute approximate surface area is 141 Å². The van der Waals surface area contributed by atoms with Crippen LogP contribution >= 0.6 is 12.4 Å². The van der Waals surface area contributed by atoms with Crippen molar-refractivity contribution in [2.24, 2.45) is 5.73 Å². The van der Waals surface area contributed by atoms with E-state index in [1.807, 2.05) is 41.9 Å². The molecule has 23 heavy (non-hydrogen) atoms. The topological polar surface area (TPSA) is 85.8 Å². The molecule has 2 atom stereocenters. The van der Waals surface area contributed by atoms with Gasteiger partial charge in [0.05, 0.1) is 6.54 Å². The van der Waals surface area contributed by atoms with Gasteiger partial charge in [-0.25, -0.2) is 9.67 Å². The standard InChI is InChI=1S/C16H21N5O.ClH/c1-11-18-14-9-8-13(10-21(14)20-11)19-15(22)16(2,17)12-6-4-3-5-7-12;/h3-7,13H,8-10,17H2,1-2H3,(H,19,22);1H. The third kappa shape index (κ3) is 3.54. The van der Waals surface area contributed by atoms with Gasteiger partial charge in [0.15, 0.2) is 0 Å². The number of carbonyl (C=O) groups is 1. The van der Waals surface area contributed by atoms with Crippen molar-refractivity contribution < 1.29 is 4.79 Å². The van der Waals surface area contributed by atoms with Crippen LogP contribution in [0.2, 0.25) is 0 Å². The lowest BCUT2D eigenvalue weighted by molar-refractivity contribution is -0.127. The minimum absolute atomic E-state index is 0. The highest BCUT2D eigenvalue weighted by molar-refractivity contribution is 5.87. The Bertz CT molecular complexity index is 683. The summed E-state index contributed by atoms with van der Waals surface area (Å²) in [7, 11) is 0. The van der Waals surface area contributed by atoms with E-state index in [1.54, 1.807) is 6.92 Å². The molecular weight excluding hydrogens is 314 g/mol. The van der Waals surface area contributed by atoms with E-state index in [9.17, 15) is 4.79 Å². The van der Waals surface area contributed by atoms with Crippen molar-refractivity contribution in [2.45, 2.75) is 44.8 Å². The number of aromatic nitrogens is 3. The van der Waals surface area contributed by atoms with E-state index in [1.165, 1.54) is 0 Å². The van der Waals surface area contributed by atoms with Crippen molar-refractivity contribution in [3.05, 3.63) is 47.5 Å². The molecule has 3 rings (SSSR count). The molecule has 0 aliphatic carbocycles. The second kappa shape index (κ2) is 6.68. The molecule has 7 heteroatoms. The first-order valence-corrected chi connectivity index (χ1v) is 7.52. The maximum atomic E-state index is 12.6. The fraction of sp³-hybridized carbons (Fsp3) is 0.438.